The zero-order chi connectivity index (χ0) is 17.8. The number of nitriles is 1. The Morgan fingerprint density at radius 1 is 1.08 bits per heavy atom. The first kappa shape index (κ1) is 17.0. The molecule has 0 bridgehead atoms. The SMILES string of the molecule is COc1ccc(-c2ccc(C#N)c(Nc3ccc(C)c(Br)c3)n2)cc1. The Morgan fingerprint density at radius 2 is 1.84 bits per heavy atom. The second-order valence-electron chi connectivity index (χ2n) is 5.52. The van der Waals surface area contributed by atoms with E-state index in [0.29, 0.717) is 11.4 Å². The van der Waals surface area contributed by atoms with Gasteiger partial charge in [0.15, 0.2) is 0 Å². The molecule has 3 rings (SSSR count). The Labute approximate surface area is 155 Å². The third kappa shape index (κ3) is 3.81. The molecule has 0 radical (unpaired) electrons. The normalized spacial score (nSPS) is 10.2. The van der Waals surface area contributed by atoms with Gasteiger partial charge in [-0.2, -0.15) is 5.26 Å². The summed E-state index contributed by atoms with van der Waals surface area (Å²) < 4.78 is 6.19. The van der Waals surface area contributed by atoms with Gasteiger partial charge in [0.05, 0.1) is 18.4 Å². The van der Waals surface area contributed by atoms with Crippen LogP contribution in [0.2, 0.25) is 0 Å². The lowest BCUT2D eigenvalue weighted by molar-refractivity contribution is 0.415. The van der Waals surface area contributed by atoms with Crippen LogP contribution in [0, 0.1) is 18.3 Å². The van der Waals surface area contributed by atoms with Crippen molar-refractivity contribution >= 4 is 27.4 Å². The van der Waals surface area contributed by atoms with Crippen molar-refractivity contribution < 1.29 is 4.74 Å². The number of anilines is 2. The van der Waals surface area contributed by atoms with E-state index in [2.05, 4.69) is 32.3 Å². The van der Waals surface area contributed by atoms with E-state index in [1.807, 2.05) is 55.5 Å². The van der Waals surface area contributed by atoms with E-state index in [1.54, 1.807) is 13.2 Å². The lowest BCUT2D eigenvalue weighted by atomic mass is 10.1. The number of rotatable bonds is 4. The van der Waals surface area contributed by atoms with Crippen LogP contribution in [0.15, 0.2) is 59.1 Å². The third-order valence-corrected chi connectivity index (χ3v) is 4.69. The lowest BCUT2D eigenvalue weighted by Crippen LogP contribution is -1.99. The van der Waals surface area contributed by atoms with Crippen molar-refractivity contribution in [3.05, 3.63) is 70.2 Å². The number of nitrogens with zero attached hydrogens (tertiary/aromatic N) is 2. The Hall–Kier alpha value is -2.84. The summed E-state index contributed by atoms with van der Waals surface area (Å²) in [6, 6.07) is 19.4. The number of aryl methyl sites for hydroxylation is 1. The molecule has 0 aliphatic carbocycles. The summed E-state index contributed by atoms with van der Waals surface area (Å²) in [6.07, 6.45) is 0. The number of ether oxygens (including phenoxy) is 1. The Morgan fingerprint density at radius 3 is 2.48 bits per heavy atom. The van der Waals surface area contributed by atoms with Crippen LogP contribution in [0.5, 0.6) is 5.75 Å². The van der Waals surface area contributed by atoms with E-state index in [-0.39, 0.29) is 0 Å². The van der Waals surface area contributed by atoms with Crippen molar-refractivity contribution in [2.45, 2.75) is 6.92 Å². The van der Waals surface area contributed by atoms with Crippen LogP contribution >= 0.6 is 15.9 Å². The van der Waals surface area contributed by atoms with Gasteiger partial charge in [-0.3, -0.25) is 0 Å². The molecule has 4 nitrogen and oxygen atoms in total. The average Bonchev–Trinajstić information content (AvgIpc) is 2.65. The predicted molar refractivity (Wildman–Crippen MR) is 103 cm³/mol. The van der Waals surface area contributed by atoms with Crippen LogP contribution in [-0.2, 0) is 0 Å². The molecule has 0 saturated heterocycles. The summed E-state index contributed by atoms with van der Waals surface area (Å²) in [6.45, 7) is 2.02. The van der Waals surface area contributed by atoms with Crippen molar-refractivity contribution in [2.75, 3.05) is 12.4 Å². The van der Waals surface area contributed by atoms with Gasteiger partial charge in [0.25, 0.3) is 0 Å². The highest BCUT2D eigenvalue weighted by atomic mass is 79.9. The smallest absolute Gasteiger partial charge is 0.149 e. The Kier molecular flexibility index (Phi) is 5.01. The Bertz CT molecular complexity index is 946. The van der Waals surface area contributed by atoms with Gasteiger partial charge in [-0.25, -0.2) is 4.98 Å². The molecule has 1 aromatic heterocycles. The Balaban J connectivity index is 1.97. The molecule has 0 fully saturated rings. The second-order valence-corrected chi connectivity index (χ2v) is 6.38. The third-order valence-electron chi connectivity index (χ3n) is 3.84. The van der Waals surface area contributed by atoms with Gasteiger partial charge >= 0.3 is 0 Å². The maximum atomic E-state index is 9.37. The number of benzene rings is 2. The summed E-state index contributed by atoms with van der Waals surface area (Å²) in [4.78, 5) is 4.63. The van der Waals surface area contributed by atoms with Crippen LogP contribution < -0.4 is 10.1 Å². The maximum absolute atomic E-state index is 9.37. The van der Waals surface area contributed by atoms with E-state index in [1.165, 1.54) is 0 Å². The summed E-state index contributed by atoms with van der Waals surface area (Å²) >= 11 is 3.52. The number of hydrogen-bond donors (Lipinski definition) is 1. The van der Waals surface area contributed by atoms with Gasteiger partial charge < -0.3 is 10.1 Å². The van der Waals surface area contributed by atoms with Crippen LogP contribution in [0.4, 0.5) is 11.5 Å². The van der Waals surface area contributed by atoms with E-state index >= 15 is 0 Å². The highest BCUT2D eigenvalue weighted by Gasteiger charge is 2.09. The zero-order valence-corrected chi connectivity index (χ0v) is 15.5. The molecule has 0 amide bonds. The van der Waals surface area contributed by atoms with Gasteiger partial charge in [0.1, 0.15) is 17.6 Å². The molecular formula is C20H16BrN3O. The molecule has 0 spiro atoms. The summed E-state index contributed by atoms with van der Waals surface area (Å²) in [5, 5.41) is 12.6. The monoisotopic (exact) mass is 393 g/mol. The van der Waals surface area contributed by atoms with Crippen LogP contribution in [0.25, 0.3) is 11.3 Å². The van der Waals surface area contributed by atoms with Crippen molar-refractivity contribution in [1.29, 1.82) is 5.26 Å². The van der Waals surface area contributed by atoms with Gasteiger partial charge in [-0.1, -0.05) is 22.0 Å². The number of nitrogens with one attached hydrogen (secondary N) is 1. The number of halogens is 1. The van der Waals surface area contributed by atoms with Gasteiger partial charge in [-0.05, 0) is 61.0 Å². The van der Waals surface area contributed by atoms with Crippen LogP contribution in [0.3, 0.4) is 0 Å². The average molecular weight is 394 g/mol. The fraction of sp³-hybridized carbons (Fsp3) is 0.100. The minimum atomic E-state index is 0.494. The highest BCUT2D eigenvalue weighted by molar-refractivity contribution is 9.10. The lowest BCUT2D eigenvalue weighted by Gasteiger charge is -2.11. The van der Waals surface area contributed by atoms with E-state index in [9.17, 15) is 5.26 Å². The van der Waals surface area contributed by atoms with Crippen molar-refractivity contribution in [3.63, 3.8) is 0 Å². The molecule has 25 heavy (non-hydrogen) atoms. The van der Waals surface area contributed by atoms with Crippen LogP contribution in [0.1, 0.15) is 11.1 Å². The quantitative estimate of drug-likeness (QED) is 0.640. The van der Waals surface area contributed by atoms with Crippen molar-refractivity contribution in [2.24, 2.45) is 0 Å². The molecule has 0 atom stereocenters. The first-order chi connectivity index (χ1) is 12.1. The first-order valence-corrected chi connectivity index (χ1v) is 8.49. The minimum absolute atomic E-state index is 0.494. The molecule has 2 aromatic carbocycles. The fourth-order valence-electron chi connectivity index (χ4n) is 2.37. The molecule has 0 unspecified atom stereocenters. The highest BCUT2D eigenvalue weighted by Crippen LogP contribution is 2.27. The number of hydrogen-bond acceptors (Lipinski definition) is 4. The molecule has 1 N–H and O–H groups in total. The predicted octanol–water partition coefficient (Wildman–Crippen LogP) is 5.44. The van der Waals surface area contributed by atoms with E-state index in [0.717, 1.165) is 32.7 Å². The zero-order valence-electron chi connectivity index (χ0n) is 13.9. The summed E-state index contributed by atoms with van der Waals surface area (Å²) in [5.41, 5.74) is 4.25. The number of methoxy groups -OCH3 is 1. The fourth-order valence-corrected chi connectivity index (χ4v) is 2.75. The topological polar surface area (TPSA) is 57.9 Å². The molecule has 0 aliphatic heterocycles. The largest absolute Gasteiger partial charge is 0.497 e. The minimum Gasteiger partial charge on any atom is -0.497 e. The molecule has 0 saturated carbocycles. The second kappa shape index (κ2) is 7.37. The van der Waals surface area contributed by atoms with Gasteiger partial charge in [-0.15, -0.1) is 0 Å². The molecule has 0 aliphatic rings. The maximum Gasteiger partial charge on any atom is 0.149 e. The number of aromatic nitrogens is 1. The van der Waals surface area contributed by atoms with Gasteiger partial charge in [0.2, 0.25) is 0 Å². The summed E-state index contributed by atoms with van der Waals surface area (Å²) in [5.74, 6) is 1.33. The first-order valence-electron chi connectivity index (χ1n) is 7.69. The molecule has 124 valence electrons. The molecule has 1 heterocycles. The summed E-state index contributed by atoms with van der Waals surface area (Å²) in [7, 11) is 1.64. The number of pyridine rings is 1. The van der Waals surface area contributed by atoms with Gasteiger partial charge in [0, 0.05) is 15.7 Å². The van der Waals surface area contributed by atoms with Crippen LogP contribution in [-0.4, -0.2) is 12.1 Å². The molecule has 5 heteroatoms. The van der Waals surface area contributed by atoms with E-state index < -0.39 is 0 Å². The molecular weight excluding hydrogens is 378 g/mol. The standard InChI is InChI=1S/C20H16BrN3O/c1-13-3-7-16(11-18(13)21)23-20-15(12-22)6-10-19(24-20)14-4-8-17(25-2)9-5-14/h3-11H,1-2H3,(H,23,24). The van der Waals surface area contributed by atoms with E-state index in [4.69, 9.17) is 4.74 Å². The molecule has 3 aromatic rings. The van der Waals surface area contributed by atoms with Crippen molar-refractivity contribution in [3.8, 4) is 23.1 Å². The van der Waals surface area contributed by atoms with Crippen molar-refractivity contribution in [1.82, 2.24) is 4.98 Å².